The Morgan fingerprint density at radius 3 is 2.70 bits per heavy atom. The van der Waals surface area contributed by atoms with Crippen LogP contribution in [0.5, 0.6) is 6.01 Å². The number of hydrogen-bond acceptors (Lipinski definition) is 5. The quantitative estimate of drug-likeness (QED) is 0.341. The number of nitrogens with zero attached hydrogens (tertiary/aromatic N) is 4. The number of aromatic nitrogens is 2. The number of rotatable bonds is 7. The molecule has 7 heteroatoms. The molecule has 1 aliphatic rings. The van der Waals surface area contributed by atoms with Crippen molar-refractivity contribution < 1.29 is 14.6 Å². The Bertz CT molecular complexity index is 1480. The van der Waals surface area contributed by atoms with E-state index in [1.807, 2.05) is 47.9 Å². The standard InChI is InChI=1S/C30H30N4O3/c1-3-37-30-32-27-8-4-7-25(29(35)36)28(27)34(30)19-21-9-11-22(12-10-21)26-16-24(14-13-23(26)17-31)33-15-5-6-20(2)18-33/h4,7-14,16,20H,3,5-6,15,18-19H2,1-2H3,(H,35,36)/t20-/m1/s1. The summed E-state index contributed by atoms with van der Waals surface area (Å²) in [6.07, 6.45) is 2.44. The molecular weight excluding hydrogens is 464 g/mol. The molecule has 1 saturated heterocycles. The van der Waals surface area contributed by atoms with Crippen molar-refractivity contribution >= 4 is 22.7 Å². The van der Waals surface area contributed by atoms with Crippen molar-refractivity contribution in [2.75, 3.05) is 24.6 Å². The van der Waals surface area contributed by atoms with E-state index in [9.17, 15) is 15.2 Å². The van der Waals surface area contributed by atoms with Crippen molar-refractivity contribution in [3.63, 3.8) is 0 Å². The fraction of sp³-hybridized carbons (Fsp3) is 0.300. The smallest absolute Gasteiger partial charge is 0.337 e. The van der Waals surface area contributed by atoms with Crippen molar-refractivity contribution in [3.05, 3.63) is 77.4 Å². The molecule has 0 spiro atoms. The van der Waals surface area contributed by atoms with E-state index >= 15 is 0 Å². The first kappa shape index (κ1) is 24.4. The van der Waals surface area contributed by atoms with Crippen LogP contribution in [-0.2, 0) is 6.54 Å². The third kappa shape index (κ3) is 4.88. The van der Waals surface area contributed by atoms with Gasteiger partial charge in [0.2, 0.25) is 0 Å². The summed E-state index contributed by atoms with van der Waals surface area (Å²) in [6, 6.07) is 22.0. The van der Waals surface area contributed by atoms with Crippen LogP contribution in [0, 0.1) is 17.2 Å². The molecule has 0 saturated carbocycles. The Morgan fingerprint density at radius 2 is 2.00 bits per heavy atom. The Hall–Kier alpha value is -4.31. The molecule has 0 bridgehead atoms. The first-order chi connectivity index (χ1) is 18.0. The van der Waals surface area contributed by atoms with Gasteiger partial charge in [0.05, 0.1) is 41.4 Å². The van der Waals surface area contributed by atoms with Crippen LogP contribution in [0.25, 0.3) is 22.2 Å². The summed E-state index contributed by atoms with van der Waals surface area (Å²) < 4.78 is 7.56. The average molecular weight is 495 g/mol. The maximum atomic E-state index is 11.9. The number of carboxylic acid groups (broad SMARTS) is 1. The fourth-order valence-corrected chi connectivity index (χ4v) is 5.18. The van der Waals surface area contributed by atoms with Crippen LogP contribution in [0.4, 0.5) is 5.69 Å². The maximum absolute atomic E-state index is 11.9. The monoisotopic (exact) mass is 494 g/mol. The second-order valence-corrected chi connectivity index (χ2v) is 9.62. The summed E-state index contributed by atoms with van der Waals surface area (Å²) in [6.45, 7) is 7.07. The van der Waals surface area contributed by atoms with Crippen LogP contribution in [-0.4, -0.2) is 40.3 Å². The second kappa shape index (κ2) is 10.4. The summed E-state index contributed by atoms with van der Waals surface area (Å²) in [5, 5.41) is 19.5. The molecule has 5 rings (SSSR count). The van der Waals surface area contributed by atoms with Gasteiger partial charge >= 0.3 is 5.97 Å². The van der Waals surface area contributed by atoms with Crippen molar-refractivity contribution in [3.8, 4) is 23.2 Å². The normalized spacial score (nSPS) is 15.5. The van der Waals surface area contributed by atoms with Crippen LogP contribution < -0.4 is 9.64 Å². The van der Waals surface area contributed by atoms with Gasteiger partial charge in [0.1, 0.15) is 0 Å². The maximum Gasteiger partial charge on any atom is 0.337 e. The van der Waals surface area contributed by atoms with Gasteiger partial charge in [-0.25, -0.2) is 4.79 Å². The minimum Gasteiger partial charge on any atom is -0.478 e. The second-order valence-electron chi connectivity index (χ2n) is 9.62. The molecule has 0 radical (unpaired) electrons. The number of piperidine rings is 1. The molecule has 1 aromatic heterocycles. The zero-order valence-corrected chi connectivity index (χ0v) is 21.1. The van der Waals surface area contributed by atoms with E-state index in [-0.39, 0.29) is 5.56 Å². The van der Waals surface area contributed by atoms with Gasteiger partial charge in [0, 0.05) is 24.3 Å². The van der Waals surface area contributed by atoms with Crippen molar-refractivity contribution in [1.29, 1.82) is 5.26 Å². The zero-order valence-electron chi connectivity index (χ0n) is 21.1. The van der Waals surface area contributed by atoms with E-state index < -0.39 is 5.97 Å². The predicted molar refractivity (Wildman–Crippen MR) is 144 cm³/mol. The highest BCUT2D eigenvalue weighted by molar-refractivity contribution is 6.01. The number of ether oxygens (including phenoxy) is 1. The van der Waals surface area contributed by atoms with Crippen LogP contribution in [0.1, 0.15) is 48.2 Å². The molecule has 4 aromatic rings. The number of aromatic carboxylic acids is 1. The van der Waals surface area contributed by atoms with Gasteiger partial charge in [-0.1, -0.05) is 37.3 Å². The third-order valence-electron chi connectivity index (χ3n) is 6.99. The van der Waals surface area contributed by atoms with Gasteiger partial charge in [0.25, 0.3) is 6.01 Å². The number of para-hydroxylation sites is 1. The lowest BCUT2D eigenvalue weighted by molar-refractivity contribution is 0.0698. The molecule has 2 heterocycles. The van der Waals surface area contributed by atoms with E-state index in [0.29, 0.717) is 41.7 Å². The number of fused-ring (bicyclic) bond motifs is 1. The number of benzene rings is 3. The predicted octanol–water partition coefficient (Wildman–Crippen LogP) is 5.96. The molecule has 0 unspecified atom stereocenters. The van der Waals surface area contributed by atoms with Gasteiger partial charge in [-0.15, -0.1) is 0 Å². The van der Waals surface area contributed by atoms with E-state index in [4.69, 9.17) is 4.74 Å². The van der Waals surface area contributed by atoms with Gasteiger partial charge in [-0.2, -0.15) is 10.2 Å². The molecule has 1 fully saturated rings. The van der Waals surface area contributed by atoms with Crippen LogP contribution >= 0.6 is 0 Å². The van der Waals surface area contributed by atoms with Gasteiger partial charge < -0.3 is 14.7 Å². The number of carboxylic acids is 1. The molecule has 188 valence electrons. The third-order valence-corrected chi connectivity index (χ3v) is 6.99. The minimum absolute atomic E-state index is 0.190. The van der Waals surface area contributed by atoms with Crippen molar-refractivity contribution in [1.82, 2.24) is 9.55 Å². The molecule has 1 atom stereocenters. The Kier molecular flexibility index (Phi) is 6.82. The highest BCUT2D eigenvalue weighted by atomic mass is 16.5. The molecular formula is C30H30N4O3. The molecule has 0 aliphatic carbocycles. The van der Waals surface area contributed by atoms with Crippen LogP contribution in [0.15, 0.2) is 60.7 Å². The Labute approximate surface area is 216 Å². The van der Waals surface area contributed by atoms with Gasteiger partial charge in [-0.3, -0.25) is 4.57 Å². The molecule has 3 aromatic carbocycles. The summed E-state index contributed by atoms with van der Waals surface area (Å²) in [4.78, 5) is 18.8. The minimum atomic E-state index is -1.00. The van der Waals surface area contributed by atoms with Crippen molar-refractivity contribution in [2.24, 2.45) is 5.92 Å². The summed E-state index contributed by atoms with van der Waals surface area (Å²) in [5.41, 5.74) is 5.97. The highest BCUT2D eigenvalue weighted by Crippen LogP contribution is 2.32. The zero-order chi connectivity index (χ0) is 25.9. The van der Waals surface area contributed by atoms with Gasteiger partial charge in [-0.05, 0) is 67.1 Å². The highest BCUT2D eigenvalue weighted by Gasteiger charge is 2.20. The fourth-order valence-electron chi connectivity index (χ4n) is 5.18. The largest absolute Gasteiger partial charge is 0.478 e. The molecule has 7 nitrogen and oxygen atoms in total. The first-order valence-corrected chi connectivity index (χ1v) is 12.7. The van der Waals surface area contributed by atoms with E-state index in [1.54, 1.807) is 18.2 Å². The number of anilines is 1. The molecule has 1 N–H and O–H groups in total. The van der Waals surface area contributed by atoms with E-state index in [1.165, 1.54) is 12.8 Å². The number of imidazole rings is 1. The van der Waals surface area contributed by atoms with Gasteiger partial charge in [0.15, 0.2) is 0 Å². The van der Waals surface area contributed by atoms with Crippen LogP contribution in [0.2, 0.25) is 0 Å². The Morgan fingerprint density at radius 1 is 1.19 bits per heavy atom. The van der Waals surface area contributed by atoms with E-state index in [0.717, 1.165) is 35.5 Å². The SMILES string of the molecule is CCOc1nc2cccc(C(=O)O)c2n1Cc1ccc(-c2cc(N3CCC[C@@H](C)C3)ccc2C#N)cc1. The molecule has 0 amide bonds. The number of hydrogen-bond donors (Lipinski definition) is 1. The summed E-state index contributed by atoms with van der Waals surface area (Å²) >= 11 is 0. The number of carbonyl (C=O) groups is 1. The lowest BCUT2D eigenvalue weighted by Gasteiger charge is -2.33. The lowest BCUT2D eigenvalue weighted by Crippen LogP contribution is -2.34. The first-order valence-electron chi connectivity index (χ1n) is 12.7. The topological polar surface area (TPSA) is 91.4 Å². The molecule has 1 aliphatic heterocycles. The average Bonchev–Trinajstić information content (AvgIpc) is 3.25. The number of nitriles is 1. The Balaban J connectivity index is 1.48. The summed E-state index contributed by atoms with van der Waals surface area (Å²) in [5.74, 6) is -0.341. The molecule has 37 heavy (non-hydrogen) atoms. The lowest BCUT2D eigenvalue weighted by atomic mass is 9.96. The van der Waals surface area contributed by atoms with Crippen molar-refractivity contribution in [2.45, 2.75) is 33.2 Å². The van der Waals surface area contributed by atoms with Crippen LogP contribution in [0.3, 0.4) is 0 Å². The van der Waals surface area contributed by atoms with E-state index in [2.05, 4.69) is 28.9 Å². The summed E-state index contributed by atoms with van der Waals surface area (Å²) in [7, 11) is 0.